The van der Waals surface area contributed by atoms with E-state index in [0.717, 1.165) is 10.9 Å². The van der Waals surface area contributed by atoms with Gasteiger partial charge in [0, 0.05) is 30.5 Å². The van der Waals surface area contributed by atoms with Gasteiger partial charge in [-0.15, -0.1) is 0 Å². The van der Waals surface area contributed by atoms with Crippen molar-refractivity contribution in [2.75, 3.05) is 0 Å². The predicted molar refractivity (Wildman–Crippen MR) is 79.4 cm³/mol. The fourth-order valence-electron chi connectivity index (χ4n) is 3.33. The molecule has 3 rings (SSSR count). The number of Topliss-reactive ketones (excluding diaryl/α,β-unsaturated/α-hetero) is 1. The van der Waals surface area contributed by atoms with Crippen LogP contribution in [0, 0.1) is 11.3 Å². The van der Waals surface area contributed by atoms with Crippen molar-refractivity contribution in [2.45, 2.75) is 44.8 Å². The lowest BCUT2D eigenvalue weighted by molar-refractivity contribution is -0.145. The summed E-state index contributed by atoms with van der Waals surface area (Å²) in [6.45, 7) is 1.53. The van der Waals surface area contributed by atoms with Gasteiger partial charge in [-0.25, -0.2) is 0 Å². The highest BCUT2D eigenvalue weighted by atomic mass is 19.4. The summed E-state index contributed by atoms with van der Waals surface area (Å²) in [5, 5.41) is 13.2. The number of aromatic nitrogens is 2. The van der Waals surface area contributed by atoms with Gasteiger partial charge in [-0.2, -0.15) is 23.5 Å². The van der Waals surface area contributed by atoms with Gasteiger partial charge in [0.25, 0.3) is 0 Å². The van der Waals surface area contributed by atoms with E-state index in [1.807, 2.05) is 0 Å². The molecule has 1 atom stereocenters. The van der Waals surface area contributed by atoms with Gasteiger partial charge in [0.1, 0.15) is 23.1 Å². The van der Waals surface area contributed by atoms with Gasteiger partial charge in [-0.3, -0.25) is 9.48 Å². The van der Waals surface area contributed by atoms with E-state index in [1.54, 1.807) is 6.07 Å². The number of hydrogen-bond acceptors (Lipinski definition) is 5. The fraction of sp³-hybridized carbons (Fsp3) is 0.438. The molecule has 1 aromatic heterocycles. The number of ketones is 1. The molecule has 2 heterocycles. The minimum Gasteiger partial charge on any atom is -0.444 e. The monoisotopic (exact) mass is 352 g/mol. The van der Waals surface area contributed by atoms with Crippen LogP contribution >= 0.6 is 0 Å². The van der Waals surface area contributed by atoms with Crippen molar-refractivity contribution >= 4 is 5.78 Å². The van der Waals surface area contributed by atoms with Gasteiger partial charge in [0.15, 0.2) is 5.78 Å². The zero-order valence-electron chi connectivity index (χ0n) is 13.4. The molecule has 0 radical (unpaired) electrons. The van der Waals surface area contributed by atoms with E-state index in [1.165, 1.54) is 6.92 Å². The highest BCUT2D eigenvalue weighted by molar-refractivity contribution is 5.99. The van der Waals surface area contributed by atoms with Crippen LogP contribution in [0.15, 0.2) is 29.0 Å². The second kappa shape index (κ2) is 5.95. The Labute approximate surface area is 141 Å². The number of alkyl halides is 3. The van der Waals surface area contributed by atoms with Crippen molar-refractivity contribution in [1.29, 1.82) is 5.26 Å². The van der Waals surface area contributed by atoms with Crippen LogP contribution in [-0.2, 0) is 22.3 Å². The number of nitriles is 1. The Kier molecular flexibility index (Phi) is 4.06. The first-order valence-electron chi connectivity index (χ1n) is 7.76. The number of carbonyl (C=O) groups excluding carboxylic acids is 1. The fourth-order valence-corrected chi connectivity index (χ4v) is 3.33. The van der Waals surface area contributed by atoms with E-state index in [0.29, 0.717) is 12.8 Å². The lowest BCUT2D eigenvalue weighted by Crippen LogP contribution is -2.29. The Bertz CT molecular complexity index is 843. The third-order valence-electron chi connectivity index (χ3n) is 4.35. The molecule has 6 nitrogen and oxygen atoms in total. The number of rotatable bonds is 2. The number of nitrogens with two attached hydrogens (primary N) is 1. The minimum absolute atomic E-state index is 0.000994. The summed E-state index contributed by atoms with van der Waals surface area (Å²) in [7, 11) is 0. The first-order chi connectivity index (χ1) is 11.8. The van der Waals surface area contributed by atoms with Crippen LogP contribution in [0.3, 0.4) is 0 Å². The zero-order chi connectivity index (χ0) is 18.4. The lowest BCUT2D eigenvalue weighted by atomic mass is 9.77. The van der Waals surface area contributed by atoms with Crippen molar-refractivity contribution in [3.63, 3.8) is 0 Å². The molecule has 132 valence electrons. The molecule has 2 aliphatic rings. The second-order valence-electron chi connectivity index (χ2n) is 5.80. The maximum Gasteiger partial charge on any atom is 0.433 e. The number of carbonyl (C=O) groups is 1. The van der Waals surface area contributed by atoms with Crippen molar-refractivity contribution in [3.8, 4) is 6.07 Å². The second-order valence-corrected chi connectivity index (χ2v) is 5.80. The van der Waals surface area contributed by atoms with E-state index in [9.17, 15) is 23.2 Å². The first kappa shape index (κ1) is 17.1. The van der Waals surface area contributed by atoms with Crippen LogP contribution in [0.5, 0.6) is 0 Å². The summed E-state index contributed by atoms with van der Waals surface area (Å²) in [4.78, 5) is 12.4. The summed E-state index contributed by atoms with van der Waals surface area (Å²) in [6, 6.07) is 1.80. The largest absolute Gasteiger partial charge is 0.444 e. The molecular formula is C16H15F3N4O2. The standard InChI is InChI=1S/C16H15F3N4O2/c1-2-23-14(16(17,18)19)9(7-22-23)12-8(6-20)15(21)25-11-5-3-4-10(24)13(11)12/h7,12H,2-5,21H2,1H3. The average molecular weight is 352 g/mol. The topological polar surface area (TPSA) is 93.9 Å². The summed E-state index contributed by atoms with van der Waals surface area (Å²) < 4.78 is 47.0. The predicted octanol–water partition coefficient (Wildman–Crippen LogP) is 2.74. The van der Waals surface area contributed by atoms with Crippen LogP contribution in [0.25, 0.3) is 0 Å². The number of allylic oxidation sites excluding steroid dienone is 3. The van der Waals surface area contributed by atoms with Crippen molar-refractivity contribution in [2.24, 2.45) is 5.73 Å². The molecule has 0 amide bonds. The van der Waals surface area contributed by atoms with Crippen molar-refractivity contribution in [3.05, 3.63) is 40.2 Å². The summed E-state index contributed by atoms with van der Waals surface area (Å²) in [6.07, 6.45) is -2.52. The third-order valence-corrected chi connectivity index (χ3v) is 4.35. The highest BCUT2D eigenvalue weighted by Gasteiger charge is 2.45. The van der Waals surface area contributed by atoms with E-state index in [4.69, 9.17) is 10.5 Å². The number of nitrogens with zero attached hydrogens (tertiary/aromatic N) is 3. The van der Waals surface area contributed by atoms with E-state index in [2.05, 4.69) is 5.10 Å². The van der Waals surface area contributed by atoms with Gasteiger partial charge in [0.05, 0.1) is 12.1 Å². The maximum atomic E-state index is 13.6. The molecule has 0 saturated carbocycles. The van der Waals surface area contributed by atoms with Crippen molar-refractivity contribution in [1.82, 2.24) is 9.78 Å². The number of hydrogen-bond donors (Lipinski definition) is 1. The Morgan fingerprint density at radius 2 is 2.20 bits per heavy atom. The summed E-state index contributed by atoms with van der Waals surface area (Å²) >= 11 is 0. The van der Waals surface area contributed by atoms with Gasteiger partial charge < -0.3 is 10.5 Å². The van der Waals surface area contributed by atoms with Crippen LogP contribution in [0.2, 0.25) is 0 Å². The quantitative estimate of drug-likeness (QED) is 0.883. The van der Waals surface area contributed by atoms with Gasteiger partial charge in [-0.05, 0) is 13.3 Å². The molecule has 1 aliphatic carbocycles. The maximum absolute atomic E-state index is 13.6. The number of halogens is 3. The molecule has 0 aromatic carbocycles. The van der Waals surface area contributed by atoms with Crippen LogP contribution in [-0.4, -0.2) is 15.6 Å². The molecule has 1 unspecified atom stereocenters. The Morgan fingerprint density at radius 1 is 1.48 bits per heavy atom. The molecule has 0 bridgehead atoms. The Balaban J connectivity index is 2.27. The number of aryl methyl sites for hydroxylation is 1. The smallest absolute Gasteiger partial charge is 0.433 e. The molecule has 2 N–H and O–H groups in total. The Morgan fingerprint density at radius 3 is 2.80 bits per heavy atom. The molecule has 0 saturated heterocycles. The van der Waals surface area contributed by atoms with E-state index in [-0.39, 0.29) is 47.1 Å². The van der Waals surface area contributed by atoms with Crippen LogP contribution in [0.4, 0.5) is 13.2 Å². The number of ether oxygens (including phenoxy) is 1. The van der Waals surface area contributed by atoms with Crippen LogP contribution in [0.1, 0.15) is 43.4 Å². The van der Waals surface area contributed by atoms with Gasteiger partial charge in [-0.1, -0.05) is 0 Å². The normalized spacial score (nSPS) is 21.1. The third kappa shape index (κ3) is 2.67. The minimum atomic E-state index is -4.69. The molecule has 1 aromatic rings. The van der Waals surface area contributed by atoms with E-state index < -0.39 is 17.8 Å². The SMILES string of the molecule is CCn1ncc(C2C(C#N)=C(N)OC3=C2C(=O)CCC3)c1C(F)(F)F. The molecule has 9 heteroatoms. The summed E-state index contributed by atoms with van der Waals surface area (Å²) in [5.41, 5.74) is 4.40. The lowest BCUT2D eigenvalue weighted by Gasteiger charge is -2.31. The zero-order valence-corrected chi connectivity index (χ0v) is 13.4. The van der Waals surface area contributed by atoms with Gasteiger partial charge >= 0.3 is 6.18 Å². The highest BCUT2D eigenvalue weighted by Crippen LogP contribution is 2.46. The molecular weight excluding hydrogens is 337 g/mol. The average Bonchev–Trinajstić information content (AvgIpc) is 2.97. The van der Waals surface area contributed by atoms with Crippen molar-refractivity contribution < 1.29 is 22.7 Å². The molecule has 0 spiro atoms. The van der Waals surface area contributed by atoms with Gasteiger partial charge in [0.2, 0.25) is 5.88 Å². The summed E-state index contributed by atoms with van der Waals surface area (Å²) in [5.74, 6) is -1.56. The van der Waals surface area contributed by atoms with E-state index >= 15 is 0 Å². The Hall–Kier alpha value is -2.76. The molecule has 0 fully saturated rings. The molecule has 25 heavy (non-hydrogen) atoms. The van der Waals surface area contributed by atoms with Crippen LogP contribution < -0.4 is 5.73 Å². The molecule has 1 aliphatic heterocycles. The first-order valence-corrected chi connectivity index (χ1v) is 7.76.